The van der Waals surface area contributed by atoms with Crippen LogP contribution >= 0.6 is 11.6 Å². The number of halogens is 1. The van der Waals surface area contributed by atoms with Crippen LogP contribution in [-0.2, 0) is 4.74 Å². The molecule has 0 radical (unpaired) electrons. The zero-order valence-corrected chi connectivity index (χ0v) is 14.8. The van der Waals surface area contributed by atoms with Crippen LogP contribution in [0.1, 0.15) is 27.6 Å². The van der Waals surface area contributed by atoms with Crippen molar-refractivity contribution in [3.8, 4) is 5.75 Å². The lowest BCUT2D eigenvalue weighted by molar-refractivity contribution is -0.231. The summed E-state index contributed by atoms with van der Waals surface area (Å²) in [5, 5.41) is 49.5. The number of phenolic OH excluding ortho intramolecular Hbond substituents is 1. The smallest absolute Gasteiger partial charge is 0.198 e. The van der Waals surface area contributed by atoms with E-state index in [1.165, 1.54) is 30.3 Å². The summed E-state index contributed by atoms with van der Waals surface area (Å²) in [4.78, 5) is 12.8. The van der Waals surface area contributed by atoms with E-state index in [-0.39, 0.29) is 21.9 Å². The number of aromatic hydroxyl groups is 1. The standard InChI is InChI=1S/C19H19ClO7/c20-12-6-5-9(19-18(26)17(25)16(24)14(8-21)27-19)7-11(12)15(23)10-3-1-2-4-13(10)22/h1-7,14,16-19,21-22,24-26H,8H2/t14-,16-,17+,18-,19+/m1/s1. The van der Waals surface area contributed by atoms with Gasteiger partial charge >= 0.3 is 0 Å². The molecule has 27 heavy (non-hydrogen) atoms. The predicted octanol–water partition coefficient (Wildman–Crippen LogP) is 0.791. The molecule has 8 heteroatoms. The Morgan fingerprint density at radius 3 is 2.37 bits per heavy atom. The van der Waals surface area contributed by atoms with Gasteiger partial charge in [-0.3, -0.25) is 4.79 Å². The largest absolute Gasteiger partial charge is 0.507 e. The fourth-order valence-electron chi connectivity index (χ4n) is 3.08. The van der Waals surface area contributed by atoms with Crippen LogP contribution in [0.15, 0.2) is 42.5 Å². The van der Waals surface area contributed by atoms with Crippen molar-refractivity contribution < 1.29 is 35.1 Å². The van der Waals surface area contributed by atoms with Crippen molar-refractivity contribution in [1.29, 1.82) is 0 Å². The number of rotatable bonds is 4. The number of ketones is 1. The molecule has 0 aromatic heterocycles. The van der Waals surface area contributed by atoms with Gasteiger partial charge in [-0.1, -0.05) is 29.8 Å². The number of aliphatic hydroxyl groups excluding tert-OH is 4. The predicted molar refractivity (Wildman–Crippen MR) is 95.7 cm³/mol. The van der Waals surface area contributed by atoms with Crippen LogP contribution in [0.5, 0.6) is 5.75 Å². The van der Waals surface area contributed by atoms with Crippen LogP contribution in [0.25, 0.3) is 0 Å². The molecule has 1 aliphatic heterocycles. The first-order valence-corrected chi connectivity index (χ1v) is 8.65. The fourth-order valence-corrected chi connectivity index (χ4v) is 3.29. The Hall–Kier alpha value is -2.00. The summed E-state index contributed by atoms with van der Waals surface area (Å²) in [7, 11) is 0. The summed E-state index contributed by atoms with van der Waals surface area (Å²) in [6.45, 7) is -0.557. The summed E-state index contributed by atoms with van der Waals surface area (Å²) in [6.07, 6.45) is -6.64. The van der Waals surface area contributed by atoms with E-state index in [1.807, 2.05) is 0 Å². The first-order chi connectivity index (χ1) is 12.8. The molecule has 5 N–H and O–H groups in total. The van der Waals surface area contributed by atoms with Crippen molar-refractivity contribution in [3.05, 3.63) is 64.2 Å². The van der Waals surface area contributed by atoms with Crippen molar-refractivity contribution in [3.63, 3.8) is 0 Å². The Morgan fingerprint density at radius 2 is 1.70 bits per heavy atom. The van der Waals surface area contributed by atoms with Gasteiger partial charge in [0.05, 0.1) is 17.2 Å². The number of carbonyl (C=O) groups excluding carboxylic acids is 1. The molecule has 1 fully saturated rings. The quantitative estimate of drug-likeness (QED) is 0.485. The van der Waals surface area contributed by atoms with Gasteiger partial charge in [0.15, 0.2) is 5.78 Å². The van der Waals surface area contributed by atoms with Gasteiger partial charge < -0.3 is 30.3 Å². The summed E-state index contributed by atoms with van der Waals surface area (Å²) < 4.78 is 5.51. The van der Waals surface area contributed by atoms with E-state index in [4.69, 9.17) is 16.3 Å². The maximum Gasteiger partial charge on any atom is 0.198 e. The van der Waals surface area contributed by atoms with Gasteiger partial charge in [0.25, 0.3) is 0 Å². The molecular weight excluding hydrogens is 376 g/mol. The van der Waals surface area contributed by atoms with E-state index in [0.29, 0.717) is 5.56 Å². The molecule has 1 heterocycles. The maximum atomic E-state index is 12.8. The summed E-state index contributed by atoms with van der Waals surface area (Å²) in [5.41, 5.74) is 0.466. The molecule has 2 aromatic carbocycles. The van der Waals surface area contributed by atoms with Gasteiger partial charge in [0.1, 0.15) is 36.3 Å². The fraction of sp³-hybridized carbons (Fsp3) is 0.316. The van der Waals surface area contributed by atoms with Crippen molar-refractivity contribution in [2.24, 2.45) is 0 Å². The number of aliphatic hydroxyl groups is 4. The van der Waals surface area contributed by atoms with Gasteiger partial charge in [-0.05, 0) is 29.8 Å². The topological polar surface area (TPSA) is 127 Å². The third kappa shape index (κ3) is 3.70. The number of carbonyl (C=O) groups is 1. The Kier molecular flexibility index (Phi) is 5.81. The second-order valence-electron chi connectivity index (χ2n) is 6.34. The second-order valence-corrected chi connectivity index (χ2v) is 6.74. The molecule has 0 spiro atoms. The first-order valence-electron chi connectivity index (χ1n) is 8.27. The number of hydrogen-bond donors (Lipinski definition) is 5. The lowest BCUT2D eigenvalue weighted by Crippen LogP contribution is -2.55. The van der Waals surface area contributed by atoms with Gasteiger partial charge in [-0.2, -0.15) is 0 Å². The lowest BCUT2D eigenvalue weighted by Gasteiger charge is -2.40. The minimum atomic E-state index is -1.53. The molecule has 0 unspecified atom stereocenters. The van der Waals surface area contributed by atoms with E-state index >= 15 is 0 Å². The Bertz CT molecular complexity index is 839. The highest BCUT2D eigenvalue weighted by Gasteiger charge is 2.44. The van der Waals surface area contributed by atoms with Crippen molar-refractivity contribution >= 4 is 17.4 Å². The van der Waals surface area contributed by atoms with Crippen molar-refractivity contribution in [1.82, 2.24) is 0 Å². The highest BCUT2D eigenvalue weighted by atomic mass is 35.5. The van der Waals surface area contributed by atoms with Crippen LogP contribution in [0.2, 0.25) is 5.02 Å². The normalized spacial score (nSPS) is 28.1. The average Bonchev–Trinajstić information content (AvgIpc) is 2.67. The van der Waals surface area contributed by atoms with Gasteiger partial charge in [0, 0.05) is 5.56 Å². The number of phenols is 1. The van der Waals surface area contributed by atoms with Crippen LogP contribution in [0.3, 0.4) is 0 Å². The Balaban J connectivity index is 1.98. The van der Waals surface area contributed by atoms with Gasteiger partial charge in [-0.15, -0.1) is 0 Å². The highest BCUT2D eigenvalue weighted by molar-refractivity contribution is 6.35. The zero-order valence-electron chi connectivity index (χ0n) is 14.1. The Morgan fingerprint density at radius 1 is 1.00 bits per heavy atom. The molecule has 3 rings (SSSR count). The van der Waals surface area contributed by atoms with Crippen molar-refractivity contribution in [2.45, 2.75) is 30.5 Å². The van der Waals surface area contributed by atoms with E-state index in [2.05, 4.69) is 0 Å². The number of hydrogen-bond acceptors (Lipinski definition) is 7. The number of benzene rings is 2. The second kappa shape index (κ2) is 7.93. The molecule has 0 bridgehead atoms. The molecule has 0 aliphatic carbocycles. The SMILES string of the molecule is O=C(c1ccccc1O)c1cc([C@@H]2O[C@H](CO)[C@@H](O)[C@H](O)[C@H]2O)ccc1Cl. The van der Waals surface area contributed by atoms with Gasteiger partial charge in [-0.25, -0.2) is 0 Å². The van der Waals surface area contributed by atoms with E-state index in [1.54, 1.807) is 12.1 Å². The first kappa shape index (κ1) is 19.8. The van der Waals surface area contributed by atoms with Crippen LogP contribution in [-0.4, -0.2) is 62.3 Å². The number of ether oxygens (including phenoxy) is 1. The highest BCUT2D eigenvalue weighted by Crippen LogP contribution is 2.34. The van der Waals surface area contributed by atoms with Crippen molar-refractivity contribution in [2.75, 3.05) is 6.61 Å². The molecule has 1 saturated heterocycles. The lowest BCUT2D eigenvalue weighted by atomic mass is 9.90. The van der Waals surface area contributed by atoms with E-state index in [0.717, 1.165) is 0 Å². The van der Waals surface area contributed by atoms with E-state index < -0.39 is 42.9 Å². The van der Waals surface area contributed by atoms with Crippen LogP contribution in [0.4, 0.5) is 0 Å². The number of para-hydroxylation sites is 1. The molecule has 7 nitrogen and oxygen atoms in total. The van der Waals surface area contributed by atoms with Gasteiger partial charge in [0.2, 0.25) is 0 Å². The van der Waals surface area contributed by atoms with Crippen LogP contribution in [0, 0.1) is 0 Å². The molecule has 2 aromatic rings. The molecule has 0 amide bonds. The minimum Gasteiger partial charge on any atom is -0.507 e. The molecule has 1 aliphatic rings. The summed E-state index contributed by atoms with van der Waals surface area (Å²) in [5.74, 6) is -0.721. The molecular formula is C19H19ClO7. The molecule has 0 saturated carbocycles. The third-order valence-electron chi connectivity index (χ3n) is 4.60. The van der Waals surface area contributed by atoms with E-state index in [9.17, 15) is 30.3 Å². The molecule has 144 valence electrons. The summed E-state index contributed by atoms with van der Waals surface area (Å²) >= 11 is 6.14. The summed E-state index contributed by atoms with van der Waals surface area (Å²) in [6, 6.07) is 10.4. The zero-order chi connectivity index (χ0) is 19.7. The third-order valence-corrected chi connectivity index (χ3v) is 4.93. The monoisotopic (exact) mass is 394 g/mol. The Labute approximate surface area is 160 Å². The van der Waals surface area contributed by atoms with Crippen LogP contribution < -0.4 is 0 Å². The molecule has 5 atom stereocenters. The minimum absolute atomic E-state index is 0.0605. The maximum absolute atomic E-state index is 12.8. The average molecular weight is 395 g/mol.